The summed E-state index contributed by atoms with van der Waals surface area (Å²) < 4.78 is 0. The van der Waals surface area contributed by atoms with E-state index in [1.54, 1.807) is 0 Å². The number of piperidine rings is 1. The van der Waals surface area contributed by atoms with Gasteiger partial charge < -0.3 is 20.6 Å². The van der Waals surface area contributed by atoms with Crippen molar-refractivity contribution in [1.29, 1.82) is 0 Å². The Morgan fingerprint density at radius 1 is 1.35 bits per heavy atom. The summed E-state index contributed by atoms with van der Waals surface area (Å²) in [4.78, 5) is 14.3. The molecule has 3 N–H and O–H groups in total. The lowest BCUT2D eigenvalue weighted by Crippen LogP contribution is -2.46. The Morgan fingerprint density at radius 3 is 2.55 bits per heavy atom. The lowest BCUT2D eigenvalue weighted by molar-refractivity contribution is 0.179. The molecule has 5 nitrogen and oxygen atoms in total. The van der Waals surface area contributed by atoms with Crippen LogP contribution in [0, 0.1) is 11.8 Å². The smallest absolute Gasteiger partial charge is 0.315 e. The van der Waals surface area contributed by atoms with Gasteiger partial charge in [0.25, 0.3) is 0 Å². The first-order valence-corrected chi connectivity index (χ1v) is 7.94. The second-order valence-corrected chi connectivity index (χ2v) is 6.09. The molecule has 1 aliphatic heterocycles. The average molecular weight is 285 g/mol. The van der Waals surface area contributed by atoms with Crippen LogP contribution < -0.4 is 10.6 Å². The Morgan fingerprint density at radius 2 is 2.00 bits per heavy atom. The maximum absolute atomic E-state index is 11.8. The van der Waals surface area contributed by atoms with Gasteiger partial charge in [0.05, 0.1) is 0 Å². The van der Waals surface area contributed by atoms with Gasteiger partial charge >= 0.3 is 6.03 Å². The van der Waals surface area contributed by atoms with Gasteiger partial charge in [0.2, 0.25) is 0 Å². The molecule has 0 aromatic heterocycles. The molecular formula is C15H31N3O2. The van der Waals surface area contributed by atoms with E-state index in [0.29, 0.717) is 5.92 Å². The van der Waals surface area contributed by atoms with E-state index in [2.05, 4.69) is 22.5 Å². The van der Waals surface area contributed by atoms with Crippen molar-refractivity contribution in [1.82, 2.24) is 15.5 Å². The van der Waals surface area contributed by atoms with Crippen LogP contribution in [0.5, 0.6) is 0 Å². The molecule has 1 aliphatic rings. The van der Waals surface area contributed by atoms with Crippen LogP contribution in [-0.2, 0) is 0 Å². The average Bonchev–Trinajstić information content (AvgIpc) is 2.46. The molecule has 0 saturated carbocycles. The van der Waals surface area contributed by atoms with Crippen LogP contribution in [0.25, 0.3) is 0 Å². The van der Waals surface area contributed by atoms with Crippen molar-refractivity contribution in [3.05, 3.63) is 0 Å². The van der Waals surface area contributed by atoms with Gasteiger partial charge in [-0.25, -0.2) is 4.79 Å². The first-order chi connectivity index (χ1) is 9.56. The minimum atomic E-state index is -0.117. The molecule has 2 amide bonds. The first kappa shape index (κ1) is 17.2. The topological polar surface area (TPSA) is 64.6 Å². The highest BCUT2D eigenvalue weighted by Gasteiger charge is 2.19. The van der Waals surface area contributed by atoms with E-state index >= 15 is 0 Å². The SMILES string of the molecule is CCCN1CCC(CNC(=O)NC(C)C(C)CO)CC1. The number of hydrogen-bond acceptors (Lipinski definition) is 3. The van der Waals surface area contributed by atoms with Gasteiger partial charge in [-0.15, -0.1) is 0 Å². The van der Waals surface area contributed by atoms with Crippen molar-refractivity contribution >= 4 is 6.03 Å². The number of likely N-dealkylation sites (tertiary alicyclic amines) is 1. The van der Waals surface area contributed by atoms with Crippen LogP contribution in [0.2, 0.25) is 0 Å². The summed E-state index contributed by atoms with van der Waals surface area (Å²) in [5.41, 5.74) is 0. The molecule has 0 aliphatic carbocycles. The number of aliphatic hydroxyl groups is 1. The molecule has 118 valence electrons. The standard InChI is InChI=1S/C15H31N3O2/c1-4-7-18-8-5-14(6-9-18)10-16-15(20)17-13(3)12(2)11-19/h12-14,19H,4-11H2,1-3H3,(H2,16,17,20). The predicted octanol–water partition coefficient (Wildman–Crippen LogP) is 1.42. The van der Waals surface area contributed by atoms with Gasteiger partial charge in [-0.2, -0.15) is 0 Å². The molecule has 1 fully saturated rings. The van der Waals surface area contributed by atoms with E-state index in [1.807, 2.05) is 13.8 Å². The van der Waals surface area contributed by atoms with Gasteiger partial charge in [-0.1, -0.05) is 13.8 Å². The third-order valence-electron chi connectivity index (χ3n) is 4.30. The third kappa shape index (κ3) is 6.09. The molecule has 2 atom stereocenters. The molecule has 0 spiro atoms. The van der Waals surface area contributed by atoms with E-state index in [9.17, 15) is 4.79 Å². The summed E-state index contributed by atoms with van der Waals surface area (Å²) in [7, 11) is 0. The molecular weight excluding hydrogens is 254 g/mol. The van der Waals surface area contributed by atoms with Crippen molar-refractivity contribution in [3.8, 4) is 0 Å². The number of carbonyl (C=O) groups excluding carboxylic acids is 1. The van der Waals surface area contributed by atoms with Crippen molar-refractivity contribution in [2.45, 2.75) is 46.1 Å². The fourth-order valence-electron chi connectivity index (χ4n) is 2.53. The van der Waals surface area contributed by atoms with Gasteiger partial charge in [0, 0.05) is 19.2 Å². The quantitative estimate of drug-likeness (QED) is 0.663. The number of aliphatic hydroxyl groups excluding tert-OH is 1. The third-order valence-corrected chi connectivity index (χ3v) is 4.30. The number of nitrogens with one attached hydrogen (secondary N) is 2. The minimum absolute atomic E-state index is 0.00796. The van der Waals surface area contributed by atoms with E-state index in [1.165, 1.54) is 25.8 Å². The van der Waals surface area contributed by atoms with Crippen molar-refractivity contribution in [2.24, 2.45) is 11.8 Å². The van der Waals surface area contributed by atoms with Gasteiger partial charge in [-0.3, -0.25) is 0 Å². The lowest BCUT2D eigenvalue weighted by atomic mass is 9.97. The zero-order chi connectivity index (χ0) is 15.0. The minimum Gasteiger partial charge on any atom is -0.396 e. The van der Waals surface area contributed by atoms with E-state index in [4.69, 9.17) is 5.11 Å². The predicted molar refractivity (Wildman–Crippen MR) is 81.7 cm³/mol. The Labute approximate surface area is 123 Å². The number of rotatable bonds is 7. The zero-order valence-corrected chi connectivity index (χ0v) is 13.2. The maximum Gasteiger partial charge on any atom is 0.315 e. The van der Waals surface area contributed by atoms with Crippen molar-refractivity contribution in [3.63, 3.8) is 0 Å². The summed E-state index contributed by atoms with van der Waals surface area (Å²) in [6.45, 7) is 10.4. The summed E-state index contributed by atoms with van der Waals surface area (Å²) >= 11 is 0. The van der Waals surface area contributed by atoms with Crippen LogP contribution in [0.4, 0.5) is 4.79 Å². The lowest BCUT2D eigenvalue weighted by Gasteiger charge is -2.31. The number of urea groups is 1. The number of amides is 2. The highest BCUT2D eigenvalue weighted by Crippen LogP contribution is 2.16. The maximum atomic E-state index is 11.8. The highest BCUT2D eigenvalue weighted by molar-refractivity contribution is 5.74. The van der Waals surface area contributed by atoms with E-state index in [0.717, 1.165) is 19.6 Å². The Kier molecular flexibility index (Phi) is 7.92. The van der Waals surface area contributed by atoms with Gasteiger partial charge in [0.1, 0.15) is 0 Å². The van der Waals surface area contributed by atoms with Crippen molar-refractivity contribution < 1.29 is 9.90 Å². The van der Waals surface area contributed by atoms with Crippen molar-refractivity contribution in [2.75, 3.05) is 32.8 Å². The second-order valence-electron chi connectivity index (χ2n) is 6.09. The molecule has 0 radical (unpaired) electrons. The fraction of sp³-hybridized carbons (Fsp3) is 0.933. The summed E-state index contributed by atoms with van der Waals surface area (Å²) in [5.74, 6) is 0.678. The Hall–Kier alpha value is -0.810. The molecule has 0 bridgehead atoms. The number of hydrogen-bond donors (Lipinski definition) is 3. The molecule has 2 unspecified atom stereocenters. The Balaban J connectivity index is 2.16. The largest absolute Gasteiger partial charge is 0.396 e. The zero-order valence-electron chi connectivity index (χ0n) is 13.2. The van der Waals surface area contributed by atoms with Gasteiger partial charge in [-0.05, 0) is 57.7 Å². The van der Waals surface area contributed by atoms with Crippen LogP contribution >= 0.6 is 0 Å². The van der Waals surface area contributed by atoms with Gasteiger partial charge in [0.15, 0.2) is 0 Å². The molecule has 1 heterocycles. The fourth-order valence-corrected chi connectivity index (χ4v) is 2.53. The monoisotopic (exact) mass is 285 g/mol. The number of nitrogens with zero attached hydrogens (tertiary/aromatic N) is 1. The molecule has 0 aromatic carbocycles. The highest BCUT2D eigenvalue weighted by atomic mass is 16.3. The second kappa shape index (κ2) is 9.19. The van der Waals surface area contributed by atoms with Crippen LogP contribution in [0.1, 0.15) is 40.0 Å². The van der Waals surface area contributed by atoms with E-state index in [-0.39, 0.29) is 24.6 Å². The summed E-state index contributed by atoms with van der Waals surface area (Å²) in [6, 6.07) is -0.125. The molecule has 20 heavy (non-hydrogen) atoms. The van der Waals surface area contributed by atoms with E-state index < -0.39 is 0 Å². The summed E-state index contributed by atoms with van der Waals surface area (Å²) in [5, 5.41) is 14.9. The molecule has 1 rings (SSSR count). The van der Waals surface area contributed by atoms with Crippen LogP contribution in [-0.4, -0.2) is 54.9 Å². The molecule has 0 aromatic rings. The number of carbonyl (C=O) groups is 1. The molecule has 5 heteroatoms. The first-order valence-electron chi connectivity index (χ1n) is 7.94. The normalized spacial score (nSPS) is 20.4. The molecule has 1 saturated heterocycles. The van der Waals surface area contributed by atoms with Crippen LogP contribution in [0.3, 0.4) is 0 Å². The van der Waals surface area contributed by atoms with Crippen LogP contribution in [0.15, 0.2) is 0 Å². The Bertz CT molecular complexity index is 278. The summed E-state index contributed by atoms with van der Waals surface area (Å²) in [6.07, 6.45) is 3.55.